The Morgan fingerprint density at radius 1 is 1.37 bits per heavy atom. The van der Waals surface area contributed by atoms with Gasteiger partial charge in [-0.2, -0.15) is 0 Å². The Balaban J connectivity index is 2.73. The van der Waals surface area contributed by atoms with Gasteiger partial charge in [-0.3, -0.25) is 18.9 Å². The summed E-state index contributed by atoms with van der Waals surface area (Å²) in [6, 6.07) is 0. The molecule has 0 unspecified atom stereocenters. The SMILES string of the molecule is COP(=O)(C/C=C\Cn1cc(Cl)c(=O)[nH]c1=O)OC. The average molecular weight is 309 g/mol. The maximum atomic E-state index is 11.7. The van der Waals surface area contributed by atoms with Gasteiger partial charge in [0, 0.05) is 27.0 Å². The van der Waals surface area contributed by atoms with Gasteiger partial charge >= 0.3 is 13.3 Å². The topological polar surface area (TPSA) is 90.4 Å². The highest BCUT2D eigenvalue weighted by atomic mass is 35.5. The van der Waals surface area contributed by atoms with Crippen molar-refractivity contribution in [3.05, 3.63) is 44.2 Å². The number of hydrogen-bond acceptors (Lipinski definition) is 5. The monoisotopic (exact) mass is 308 g/mol. The molecule has 1 heterocycles. The van der Waals surface area contributed by atoms with Crippen LogP contribution in [-0.2, 0) is 20.2 Å². The van der Waals surface area contributed by atoms with Gasteiger partial charge in [-0.25, -0.2) is 4.79 Å². The van der Waals surface area contributed by atoms with Crippen molar-refractivity contribution < 1.29 is 13.6 Å². The van der Waals surface area contributed by atoms with Crippen LogP contribution in [0.1, 0.15) is 0 Å². The molecule has 0 bridgehead atoms. The van der Waals surface area contributed by atoms with Gasteiger partial charge < -0.3 is 9.05 Å². The molecule has 0 spiro atoms. The molecule has 106 valence electrons. The Kier molecular flexibility index (Phi) is 5.75. The van der Waals surface area contributed by atoms with Crippen molar-refractivity contribution in [2.75, 3.05) is 20.4 Å². The summed E-state index contributed by atoms with van der Waals surface area (Å²) >= 11 is 5.60. The van der Waals surface area contributed by atoms with Gasteiger partial charge in [0.15, 0.2) is 0 Å². The van der Waals surface area contributed by atoms with Crippen molar-refractivity contribution in [1.82, 2.24) is 9.55 Å². The van der Waals surface area contributed by atoms with E-state index in [0.29, 0.717) is 0 Å². The van der Waals surface area contributed by atoms with Gasteiger partial charge in [-0.15, -0.1) is 0 Å². The third-order valence-electron chi connectivity index (χ3n) is 2.32. The van der Waals surface area contributed by atoms with Gasteiger partial charge in [0.2, 0.25) is 0 Å². The van der Waals surface area contributed by atoms with Gasteiger partial charge in [0.25, 0.3) is 5.56 Å². The van der Waals surface area contributed by atoms with Crippen LogP contribution in [0.2, 0.25) is 5.02 Å². The standard InChI is InChI=1S/C10H14ClN2O5P/c1-17-19(16,18-2)6-4-3-5-13-7-8(11)9(14)12-10(13)15/h3-4,7H,5-6H2,1-2H3,(H,12,14,15)/b4-3-. The van der Waals surface area contributed by atoms with Crippen LogP contribution in [0.25, 0.3) is 0 Å². The third kappa shape index (κ3) is 4.47. The first kappa shape index (κ1) is 15.9. The van der Waals surface area contributed by atoms with Crippen LogP contribution >= 0.6 is 19.2 Å². The van der Waals surface area contributed by atoms with Gasteiger partial charge in [-0.05, 0) is 0 Å². The maximum absolute atomic E-state index is 11.7. The zero-order valence-corrected chi connectivity index (χ0v) is 12.1. The summed E-state index contributed by atoms with van der Waals surface area (Å²) in [6.45, 7) is 0.183. The van der Waals surface area contributed by atoms with E-state index in [1.54, 1.807) is 12.2 Å². The first-order valence-electron chi connectivity index (χ1n) is 5.26. The number of halogens is 1. The smallest absolute Gasteiger partial charge is 0.312 e. The molecule has 0 aliphatic carbocycles. The van der Waals surface area contributed by atoms with E-state index in [2.05, 4.69) is 4.98 Å². The van der Waals surface area contributed by atoms with E-state index in [9.17, 15) is 14.2 Å². The molecule has 0 aliphatic rings. The van der Waals surface area contributed by atoms with E-state index in [4.69, 9.17) is 20.6 Å². The highest BCUT2D eigenvalue weighted by Crippen LogP contribution is 2.46. The zero-order valence-electron chi connectivity index (χ0n) is 10.5. The second kappa shape index (κ2) is 6.86. The second-order valence-corrected chi connectivity index (χ2v) is 6.24. The summed E-state index contributed by atoms with van der Waals surface area (Å²) in [6.07, 6.45) is 4.49. The molecule has 0 saturated heterocycles. The molecular formula is C10H14ClN2O5P. The molecule has 0 fully saturated rings. The second-order valence-electron chi connectivity index (χ2n) is 3.52. The van der Waals surface area contributed by atoms with E-state index in [1.165, 1.54) is 25.0 Å². The molecule has 0 saturated carbocycles. The fourth-order valence-electron chi connectivity index (χ4n) is 1.23. The number of aromatic nitrogens is 2. The Labute approximate surface area is 114 Å². The Morgan fingerprint density at radius 3 is 2.58 bits per heavy atom. The van der Waals surface area contributed by atoms with Gasteiger partial charge in [0.1, 0.15) is 5.02 Å². The van der Waals surface area contributed by atoms with Crippen molar-refractivity contribution >= 4 is 19.2 Å². The van der Waals surface area contributed by atoms with Crippen LogP contribution < -0.4 is 11.2 Å². The fourth-order valence-corrected chi connectivity index (χ4v) is 2.25. The predicted octanol–water partition coefficient (Wildman–Crippen LogP) is 1.23. The molecule has 0 aromatic carbocycles. The molecule has 1 aromatic rings. The first-order chi connectivity index (χ1) is 8.91. The number of allylic oxidation sites excluding steroid dienone is 2. The van der Waals surface area contributed by atoms with Crippen molar-refractivity contribution in [2.45, 2.75) is 6.54 Å². The van der Waals surface area contributed by atoms with E-state index in [-0.39, 0.29) is 17.7 Å². The van der Waals surface area contributed by atoms with Crippen molar-refractivity contribution in [1.29, 1.82) is 0 Å². The van der Waals surface area contributed by atoms with Crippen LogP contribution in [0.15, 0.2) is 27.9 Å². The van der Waals surface area contributed by atoms with E-state index in [0.717, 1.165) is 0 Å². The van der Waals surface area contributed by atoms with Crippen LogP contribution in [0, 0.1) is 0 Å². The first-order valence-corrected chi connectivity index (χ1v) is 7.37. The molecule has 7 nitrogen and oxygen atoms in total. The van der Waals surface area contributed by atoms with Crippen LogP contribution in [-0.4, -0.2) is 29.9 Å². The summed E-state index contributed by atoms with van der Waals surface area (Å²) in [7, 11) is -0.498. The largest absolute Gasteiger partial charge is 0.333 e. The number of aromatic amines is 1. The van der Waals surface area contributed by atoms with Crippen LogP contribution in [0.4, 0.5) is 0 Å². The van der Waals surface area contributed by atoms with E-state index >= 15 is 0 Å². The summed E-state index contributed by atoms with van der Waals surface area (Å²) in [5, 5.41) is -0.0764. The highest BCUT2D eigenvalue weighted by molar-refractivity contribution is 7.54. The number of H-pyrrole nitrogens is 1. The molecule has 0 aliphatic heterocycles. The van der Waals surface area contributed by atoms with Crippen molar-refractivity contribution in [3.8, 4) is 0 Å². The van der Waals surface area contributed by atoms with E-state index < -0.39 is 18.8 Å². The third-order valence-corrected chi connectivity index (χ3v) is 4.36. The molecule has 1 aromatic heterocycles. The van der Waals surface area contributed by atoms with E-state index in [1.807, 2.05) is 0 Å². The minimum absolute atomic E-state index is 0.0764. The fraction of sp³-hybridized carbons (Fsp3) is 0.400. The summed E-state index contributed by atoms with van der Waals surface area (Å²) in [5.74, 6) is 0. The molecule has 0 atom stereocenters. The van der Waals surface area contributed by atoms with Gasteiger partial charge in [0.05, 0.1) is 6.16 Å². The molecule has 1 N–H and O–H groups in total. The minimum atomic E-state index is -3.09. The normalized spacial score (nSPS) is 12.2. The molecular weight excluding hydrogens is 295 g/mol. The minimum Gasteiger partial charge on any atom is -0.312 e. The number of rotatable bonds is 6. The summed E-state index contributed by atoms with van der Waals surface area (Å²) in [5.41, 5.74) is -1.20. The Hall–Kier alpha value is -1.14. The lowest BCUT2D eigenvalue weighted by Crippen LogP contribution is -2.29. The molecule has 1 rings (SSSR count). The highest BCUT2D eigenvalue weighted by Gasteiger charge is 2.17. The molecule has 9 heteroatoms. The quantitative estimate of drug-likeness (QED) is 0.630. The van der Waals surface area contributed by atoms with Crippen molar-refractivity contribution in [2.24, 2.45) is 0 Å². The molecule has 0 amide bonds. The number of hydrogen-bond donors (Lipinski definition) is 1. The number of nitrogens with zero attached hydrogens (tertiary/aromatic N) is 1. The lowest BCUT2D eigenvalue weighted by Gasteiger charge is -2.10. The Bertz CT molecular complexity index is 613. The predicted molar refractivity (Wildman–Crippen MR) is 72.0 cm³/mol. The summed E-state index contributed by atoms with van der Waals surface area (Å²) in [4.78, 5) is 24.5. The average Bonchev–Trinajstić information content (AvgIpc) is 2.40. The number of nitrogens with one attached hydrogen (secondary N) is 1. The summed E-state index contributed by atoms with van der Waals surface area (Å²) < 4.78 is 22.4. The maximum Gasteiger partial charge on any atom is 0.333 e. The molecule has 0 radical (unpaired) electrons. The van der Waals surface area contributed by atoms with Crippen LogP contribution in [0.5, 0.6) is 0 Å². The Morgan fingerprint density at radius 2 is 2.00 bits per heavy atom. The zero-order chi connectivity index (χ0) is 14.5. The lowest BCUT2D eigenvalue weighted by atomic mass is 10.5. The molecule has 19 heavy (non-hydrogen) atoms. The van der Waals surface area contributed by atoms with Crippen molar-refractivity contribution in [3.63, 3.8) is 0 Å². The van der Waals surface area contributed by atoms with Gasteiger partial charge in [-0.1, -0.05) is 23.8 Å². The lowest BCUT2D eigenvalue weighted by molar-refractivity contribution is 0.279. The van der Waals surface area contributed by atoms with Crippen LogP contribution in [0.3, 0.4) is 0 Å².